The lowest BCUT2D eigenvalue weighted by atomic mass is 10.1. The Morgan fingerprint density at radius 3 is 2.46 bits per heavy atom. The Hall–Kier alpha value is -2.53. The highest BCUT2D eigenvalue weighted by molar-refractivity contribution is 8.18. The number of benzene rings is 2. The number of thioether (sulfide) groups is 1. The summed E-state index contributed by atoms with van der Waals surface area (Å²) in [5.41, 5.74) is 2.06. The molecule has 4 nitrogen and oxygen atoms in total. The molecule has 2 amide bonds. The summed E-state index contributed by atoms with van der Waals surface area (Å²) >= 11 is 0.970. The third-order valence-corrected chi connectivity index (χ3v) is 4.48. The van der Waals surface area contributed by atoms with Gasteiger partial charge in [-0.2, -0.15) is 0 Å². The van der Waals surface area contributed by atoms with Crippen LogP contribution < -0.4 is 4.74 Å². The number of amides is 2. The molecule has 0 N–H and O–H groups in total. The van der Waals surface area contributed by atoms with Gasteiger partial charge in [-0.3, -0.25) is 14.5 Å². The fourth-order valence-corrected chi connectivity index (χ4v) is 3.14. The SMILES string of the molecule is Cc1ccc(/C=C2\SC(=O)N(CCOc3ccccc3)C2=O)cc1. The Bertz CT molecular complexity index is 769. The Balaban J connectivity index is 1.62. The number of hydrogen-bond acceptors (Lipinski definition) is 4. The second-order valence-electron chi connectivity index (χ2n) is 5.41. The molecule has 2 aromatic rings. The van der Waals surface area contributed by atoms with E-state index in [1.165, 1.54) is 4.90 Å². The topological polar surface area (TPSA) is 46.6 Å². The maximum absolute atomic E-state index is 12.4. The summed E-state index contributed by atoms with van der Waals surface area (Å²) in [5, 5.41) is -0.255. The van der Waals surface area contributed by atoms with Crippen LogP contribution in [0.25, 0.3) is 6.08 Å². The first-order valence-corrected chi connectivity index (χ1v) is 8.45. The van der Waals surface area contributed by atoms with Gasteiger partial charge in [-0.25, -0.2) is 0 Å². The Labute approximate surface area is 145 Å². The first-order chi connectivity index (χ1) is 11.6. The van der Waals surface area contributed by atoms with Crippen LogP contribution in [0.3, 0.4) is 0 Å². The Morgan fingerprint density at radius 2 is 1.75 bits per heavy atom. The number of hydrogen-bond donors (Lipinski definition) is 0. The zero-order valence-electron chi connectivity index (χ0n) is 13.3. The summed E-state index contributed by atoms with van der Waals surface area (Å²) in [6.07, 6.45) is 1.75. The van der Waals surface area contributed by atoms with Crippen LogP contribution in [0.1, 0.15) is 11.1 Å². The molecule has 5 heteroatoms. The Morgan fingerprint density at radius 1 is 1.04 bits per heavy atom. The van der Waals surface area contributed by atoms with Gasteiger partial charge in [0.25, 0.3) is 11.1 Å². The van der Waals surface area contributed by atoms with E-state index in [9.17, 15) is 9.59 Å². The van der Waals surface area contributed by atoms with Gasteiger partial charge < -0.3 is 4.74 Å². The van der Waals surface area contributed by atoms with Crippen molar-refractivity contribution in [1.29, 1.82) is 0 Å². The molecule has 0 radical (unpaired) electrons. The molecular formula is C19H17NO3S. The number of imide groups is 1. The van der Waals surface area contributed by atoms with Crippen LogP contribution in [0.15, 0.2) is 59.5 Å². The van der Waals surface area contributed by atoms with Gasteiger partial charge in [-0.1, -0.05) is 48.0 Å². The van der Waals surface area contributed by atoms with Crippen LogP contribution in [-0.4, -0.2) is 29.2 Å². The molecule has 0 atom stereocenters. The van der Waals surface area contributed by atoms with E-state index in [4.69, 9.17) is 4.74 Å². The van der Waals surface area contributed by atoms with E-state index in [-0.39, 0.29) is 24.3 Å². The van der Waals surface area contributed by atoms with Crippen molar-refractivity contribution >= 4 is 29.0 Å². The molecule has 3 rings (SSSR count). The summed E-state index contributed by atoms with van der Waals surface area (Å²) < 4.78 is 5.56. The second kappa shape index (κ2) is 7.36. The third-order valence-electron chi connectivity index (χ3n) is 3.58. The lowest BCUT2D eigenvalue weighted by molar-refractivity contribution is -0.123. The third kappa shape index (κ3) is 3.86. The van der Waals surface area contributed by atoms with Gasteiger partial charge in [-0.15, -0.1) is 0 Å². The zero-order valence-corrected chi connectivity index (χ0v) is 14.1. The predicted molar refractivity (Wildman–Crippen MR) is 95.8 cm³/mol. The van der Waals surface area contributed by atoms with Crippen molar-refractivity contribution in [2.45, 2.75) is 6.92 Å². The zero-order chi connectivity index (χ0) is 16.9. The predicted octanol–water partition coefficient (Wildman–Crippen LogP) is 4.11. The van der Waals surface area contributed by atoms with E-state index in [2.05, 4.69) is 0 Å². The number of nitrogens with zero attached hydrogens (tertiary/aromatic N) is 1. The average molecular weight is 339 g/mol. The molecule has 0 spiro atoms. The average Bonchev–Trinajstić information content (AvgIpc) is 2.85. The maximum atomic E-state index is 12.4. The molecule has 0 saturated carbocycles. The number of carbonyl (C=O) groups is 2. The highest BCUT2D eigenvalue weighted by Crippen LogP contribution is 2.32. The Kier molecular flexibility index (Phi) is 5.01. The lowest BCUT2D eigenvalue weighted by Crippen LogP contribution is -2.32. The van der Waals surface area contributed by atoms with Crippen molar-refractivity contribution in [2.75, 3.05) is 13.2 Å². The quantitative estimate of drug-likeness (QED) is 0.769. The van der Waals surface area contributed by atoms with Gasteiger partial charge in [0.2, 0.25) is 0 Å². The van der Waals surface area contributed by atoms with Crippen LogP contribution in [0.4, 0.5) is 4.79 Å². The molecule has 1 aliphatic heterocycles. The normalized spacial score (nSPS) is 16.0. The molecule has 122 valence electrons. The fourth-order valence-electron chi connectivity index (χ4n) is 2.28. The van der Waals surface area contributed by atoms with Crippen molar-refractivity contribution in [3.05, 3.63) is 70.6 Å². The van der Waals surface area contributed by atoms with Gasteiger partial charge in [0.05, 0.1) is 11.4 Å². The number of ether oxygens (including phenoxy) is 1. The van der Waals surface area contributed by atoms with E-state index in [0.717, 1.165) is 28.6 Å². The summed E-state index contributed by atoms with van der Waals surface area (Å²) in [4.78, 5) is 26.1. The second-order valence-corrected chi connectivity index (χ2v) is 6.40. The van der Waals surface area contributed by atoms with E-state index < -0.39 is 0 Å². The van der Waals surface area contributed by atoms with Crippen molar-refractivity contribution < 1.29 is 14.3 Å². The van der Waals surface area contributed by atoms with Crippen molar-refractivity contribution in [2.24, 2.45) is 0 Å². The monoisotopic (exact) mass is 339 g/mol. The molecule has 1 heterocycles. The number of carbonyl (C=O) groups excluding carboxylic acids is 2. The van der Waals surface area contributed by atoms with Gasteiger partial charge in [-0.05, 0) is 42.5 Å². The minimum atomic E-state index is -0.262. The van der Waals surface area contributed by atoms with E-state index in [1.54, 1.807) is 6.08 Å². The number of para-hydroxylation sites is 1. The van der Waals surface area contributed by atoms with Crippen LogP contribution >= 0.6 is 11.8 Å². The van der Waals surface area contributed by atoms with Crippen molar-refractivity contribution in [3.63, 3.8) is 0 Å². The van der Waals surface area contributed by atoms with E-state index in [1.807, 2.05) is 61.5 Å². The smallest absolute Gasteiger partial charge is 0.293 e. The molecule has 0 bridgehead atoms. The maximum Gasteiger partial charge on any atom is 0.293 e. The highest BCUT2D eigenvalue weighted by atomic mass is 32.2. The van der Waals surface area contributed by atoms with Gasteiger partial charge in [0.15, 0.2) is 0 Å². The van der Waals surface area contributed by atoms with Gasteiger partial charge >= 0.3 is 0 Å². The number of aryl methyl sites for hydroxylation is 1. The molecule has 0 aromatic heterocycles. The first kappa shape index (κ1) is 16.3. The molecular weight excluding hydrogens is 322 g/mol. The standard InChI is InChI=1S/C19H17NO3S/c1-14-7-9-15(10-8-14)13-17-18(21)20(19(22)24-17)11-12-23-16-5-3-2-4-6-16/h2-10,13H,11-12H2,1H3/b17-13-. The summed E-state index contributed by atoms with van der Waals surface area (Å²) in [6, 6.07) is 17.1. The van der Waals surface area contributed by atoms with E-state index in [0.29, 0.717) is 4.91 Å². The molecule has 1 fully saturated rings. The largest absolute Gasteiger partial charge is 0.492 e. The van der Waals surface area contributed by atoms with Crippen molar-refractivity contribution in [1.82, 2.24) is 4.90 Å². The molecule has 1 saturated heterocycles. The lowest BCUT2D eigenvalue weighted by Gasteiger charge is -2.13. The molecule has 1 aliphatic rings. The minimum absolute atomic E-state index is 0.241. The van der Waals surface area contributed by atoms with Crippen LogP contribution in [0.5, 0.6) is 5.75 Å². The summed E-state index contributed by atoms with van der Waals surface area (Å²) in [6.45, 7) is 2.52. The minimum Gasteiger partial charge on any atom is -0.492 e. The van der Waals surface area contributed by atoms with Gasteiger partial charge in [0.1, 0.15) is 12.4 Å². The van der Waals surface area contributed by atoms with Gasteiger partial charge in [0, 0.05) is 0 Å². The van der Waals surface area contributed by atoms with E-state index >= 15 is 0 Å². The highest BCUT2D eigenvalue weighted by Gasteiger charge is 2.34. The van der Waals surface area contributed by atoms with Crippen LogP contribution in [-0.2, 0) is 4.79 Å². The molecule has 24 heavy (non-hydrogen) atoms. The van der Waals surface area contributed by atoms with Crippen LogP contribution in [0.2, 0.25) is 0 Å². The summed E-state index contributed by atoms with van der Waals surface area (Å²) in [5.74, 6) is 0.460. The summed E-state index contributed by atoms with van der Waals surface area (Å²) in [7, 11) is 0. The van der Waals surface area contributed by atoms with Crippen molar-refractivity contribution in [3.8, 4) is 5.75 Å². The first-order valence-electron chi connectivity index (χ1n) is 7.63. The molecule has 0 aliphatic carbocycles. The fraction of sp³-hybridized carbons (Fsp3) is 0.158. The molecule has 0 unspecified atom stereocenters. The molecule has 2 aromatic carbocycles. The number of rotatable bonds is 5. The van der Waals surface area contributed by atoms with Crippen LogP contribution in [0, 0.1) is 6.92 Å².